The summed E-state index contributed by atoms with van der Waals surface area (Å²) >= 11 is 0. The Kier molecular flexibility index (Phi) is 6.46. The number of ether oxygens (including phenoxy) is 3. The summed E-state index contributed by atoms with van der Waals surface area (Å²) in [4.78, 5) is 10.3. The van der Waals surface area contributed by atoms with Crippen LogP contribution in [0.25, 0.3) is 0 Å². The quantitative estimate of drug-likeness (QED) is 0.437. The maximum absolute atomic E-state index is 10.3. The van der Waals surface area contributed by atoms with Crippen LogP contribution >= 0.6 is 0 Å². The third-order valence-corrected chi connectivity index (χ3v) is 2.60. The second-order valence-corrected chi connectivity index (χ2v) is 4.78. The van der Waals surface area contributed by atoms with Gasteiger partial charge >= 0.3 is 5.97 Å². The molecule has 1 saturated heterocycles. The van der Waals surface area contributed by atoms with Gasteiger partial charge in [-0.2, -0.15) is 0 Å². The second-order valence-electron chi connectivity index (χ2n) is 4.78. The van der Waals surface area contributed by atoms with Crippen LogP contribution in [-0.4, -0.2) is 42.3 Å². The molecule has 5 heteroatoms. The molecule has 1 aliphatic heterocycles. The zero-order valence-corrected chi connectivity index (χ0v) is 11.7. The number of hydrogen-bond donors (Lipinski definition) is 1. The molecular formula is C15H20O5. The summed E-state index contributed by atoms with van der Waals surface area (Å²) in [5, 5.41) is 8.49. The number of hydrogen-bond acceptors (Lipinski definition) is 4. The molecule has 0 radical (unpaired) electrons. The molecule has 1 N–H and O–H groups in total. The van der Waals surface area contributed by atoms with Gasteiger partial charge in [0.05, 0.1) is 6.10 Å². The topological polar surface area (TPSA) is 65.0 Å². The van der Waals surface area contributed by atoms with Crippen LogP contribution in [-0.2, 0) is 19.0 Å². The number of rotatable bonds is 7. The van der Waals surface area contributed by atoms with E-state index < -0.39 is 11.8 Å². The van der Waals surface area contributed by atoms with E-state index in [1.807, 2.05) is 19.9 Å². The van der Waals surface area contributed by atoms with E-state index >= 15 is 0 Å². The number of terminal acetylenes is 1. The molecule has 1 heterocycles. The standard InChI is InChI=1S/C15H20O5/c1-4-5-6-7-8-12-13(20-15(2,3)19-12)9-10-18-11-14(16)17/h1,5-8,12-13H,9-11H2,2-3H3,(H,16,17)/b6-5+,8-7+/t12-,13+/m1/s1. The van der Waals surface area contributed by atoms with E-state index in [2.05, 4.69) is 5.92 Å². The lowest BCUT2D eigenvalue weighted by molar-refractivity contribution is -0.147. The Hall–Kier alpha value is -1.61. The van der Waals surface area contributed by atoms with Gasteiger partial charge in [0.1, 0.15) is 12.7 Å². The Balaban J connectivity index is 2.48. The molecule has 0 spiro atoms. The molecule has 0 amide bonds. The molecule has 0 aromatic rings. The van der Waals surface area contributed by atoms with Crippen molar-refractivity contribution in [3.63, 3.8) is 0 Å². The van der Waals surface area contributed by atoms with Crippen LogP contribution in [0.1, 0.15) is 20.3 Å². The fourth-order valence-corrected chi connectivity index (χ4v) is 1.89. The van der Waals surface area contributed by atoms with Crippen molar-refractivity contribution in [2.24, 2.45) is 0 Å². The molecule has 2 atom stereocenters. The molecular weight excluding hydrogens is 260 g/mol. The molecule has 0 aliphatic carbocycles. The summed E-state index contributed by atoms with van der Waals surface area (Å²) in [6.45, 7) is 3.68. The zero-order valence-electron chi connectivity index (χ0n) is 11.7. The monoisotopic (exact) mass is 280 g/mol. The van der Waals surface area contributed by atoms with Crippen LogP contribution in [0, 0.1) is 12.3 Å². The van der Waals surface area contributed by atoms with Crippen molar-refractivity contribution in [1.29, 1.82) is 0 Å². The van der Waals surface area contributed by atoms with Gasteiger partial charge in [0.15, 0.2) is 5.79 Å². The lowest BCUT2D eigenvalue weighted by Gasteiger charge is -2.16. The van der Waals surface area contributed by atoms with Crippen LogP contribution in [0.5, 0.6) is 0 Å². The Morgan fingerprint density at radius 3 is 2.85 bits per heavy atom. The van der Waals surface area contributed by atoms with Crippen LogP contribution in [0.4, 0.5) is 0 Å². The highest BCUT2D eigenvalue weighted by Gasteiger charge is 2.39. The highest BCUT2D eigenvalue weighted by Crippen LogP contribution is 2.30. The number of aliphatic carboxylic acids is 1. The maximum Gasteiger partial charge on any atom is 0.329 e. The Morgan fingerprint density at radius 1 is 1.45 bits per heavy atom. The van der Waals surface area contributed by atoms with Gasteiger partial charge in [-0.05, 0) is 26.3 Å². The minimum atomic E-state index is -0.982. The molecule has 1 fully saturated rings. The average Bonchev–Trinajstić information content (AvgIpc) is 2.65. The van der Waals surface area contributed by atoms with Gasteiger partial charge in [0.2, 0.25) is 0 Å². The normalized spacial score (nSPS) is 25.2. The van der Waals surface area contributed by atoms with Crippen molar-refractivity contribution < 1.29 is 24.1 Å². The predicted octanol–water partition coefficient (Wildman–Crippen LogP) is 1.74. The number of allylic oxidation sites excluding steroid dienone is 3. The Bertz CT molecular complexity index is 416. The van der Waals surface area contributed by atoms with E-state index in [1.165, 1.54) is 0 Å². The van der Waals surface area contributed by atoms with Crippen molar-refractivity contribution in [2.75, 3.05) is 13.2 Å². The average molecular weight is 280 g/mol. The lowest BCUT2D eigenvalue weighted by atomic mass is 10.1. The van der Waals surface area contributed by atoms with Crippen molar-refractivity contribution in [3.8, 4) is 12.3 Å². The molecule has 0 unspecified atom stereocenters. The maximum atomic E-state index is 10.3. The lowest BCUT2D eigenvalue weighted by Crippen LogP contribution is -2.23. The minimum absolute atomic E-state index is 0.172. The van der Waals surface area contributed by atoms with E-state index in [9.17, 15) is 4.79 Å². The first-order valence-electron chi connectivity index (χ1n) is 6.39. The summed E-state index contributed by atoms with van der Waals surface area (Å²) in [6, 6.07) is 0. The van der Waals surface area contributed by atoms with E-state index in [0.717, 1.165) is 0 Å². The van der Waals surface area contributed by atoms with Gasteiger partial charge < -0.3 is 19.3 Å². The van der Waals surface area contributed by atoms with Gasteiger partial charge in [-0.3, -0.25) is 0 Å². The van der Waals surface area contributed by atoms with E-state index in [1.54, 1.807) is 18.2 Å². The molecule has 5 nitrogen and oxygen atoms in total. The largest absolute Gasteiger partial charge is 0.480 e. The number of carboxylic acids is 1. The Morgan fingerprint density at radius 2 is 2.20 bits per heavy atom. The first kappa shape index (κ1) is 16.4. The van der Waals surface area contributed by atoms with E-state index in [-0.39, 0.29) is 18.8 Å². The summed E-state index contributed by atoms with van der Waals surface area (Å²) in [5.74, 6) is 0.747. The van der Waals surface area contributed by atoms with Gasteiger partial charge in [-0.15, -0.1) is 6.42 Å². The van der Waals surface area contributed by atoms with Crippen molar-refractivity contribution in [1.82, 2.24) is 0 Å². The van der Waals surface area contributed by atoms with Gasteiger partial charge in [-0.25, -0.2) is 4.79 Å². The molecule has 110 valence electrons. The van der Waals surface area contributed by atoms with E-state index in [4.69, 9.17) is 25.7 Å². The van der Waals surface area contributed by atoms with Crippen molar-refractivity contribution in [2.45, 2.75) is 38.3 Å². The highest BCUT2D eigenvalue weighted by atomic mass is 16.7. The minimum Gasteiger partial charge on any atom is -0.480 e. The molecule has 0 saturated carbocycles. The first-order chi connectivity index (χ1) is 9.44. The first-order valence-corrected chi connectivity index (χ1v) is 6.39. The molecule has 0 aromatic carbocycles. The highest BCUT2D eigenvalue weighted by molar-refractivity contribution is 5.67. The molecule has 0 aromatic heterocycles. The third-order valence-electron chi connectivity index (χ3n) is 2.60. The van der Waals surface area contributed by atoms with Gasteiger partial charge in [0, 0.05) is 6.61 Å². The zero-order chi connectivity index (χ0) is 15.0. The van der Waals surface area contributed by atoms with Crippen molar-refractivity contribution >= 4 is 5.97 Å². The number of carbonyl (C=O) groups is 1. The van der Waals surface area contributed by atoms with Crippen molar-refractivity contribution in [3.05, 3.63) is 24.3 Å². The Labute approximate surface area is 119 Å². The SMILES string of the molecule is C#C/C=C/C=C/[C@H]1OC(C)(C)O[C@H]1CCOCC(=O)O. The third kappa shape index (κ3) is 6.02. The summed E-state index contributed by atoms with van der Waals surface area (Å²) in [7, 11) is 0. The van der Waals surface area contributed by atoms with Crippen LogP contribution in [0.2, 0.25) is 0 Å². The molecule has 1 rings (SSSR count). The molecule has 1 aliphatic rings. The summed E-state index contributed by atoms with van der Waals surface area (Å²) < 4.78 is 16.5. The van der Waals surface area contributed by atoms with E-state index in [0.29, 0.717) is 13.0 Å². The number of carboxylic acid groups (broad SMARTS) is 1. The summed E-state index contributed by atoms with van der Waals surface area (Å²) in [6.07, 6.45) is 12.3. The summed E-state index contributed by atoms with van der Waals surface area (Å²) in [5.41, 5.74) is 0. The van der Waals surface area contributed by atoms with Gasteiger partial charge in [0.25, 0.3) is 0 Å². The molecule has 0 bridgehead atoms. The second kappa shape index (κ2) is 7.85. The fraction of sp³-hybridized carbons (Fsp3) is 0.533. The fourth-order valence-electron chi connectivity index (χ4n) is 1.89. The van der Waals surface area contributed by atoms with Crippen LogP contribution < -0.4 is 0 Å². The predicted molar refractivity (Wildman–Crippen MR) is 74.0 cm³/mol. The molecule has 20 heavy (non-hydrogen) atoms. The van der Waals surface area contributed by atoms with Crippen LogP contribution in [0.3, 0.4) is 0 Å². The smallest absolute Gasteiger partial charge is 0.329 e. The van der Waals surface area contributed by atoms with Gasteiger partial charge in [-0.1, -0.05) is 24.1 Å². The van der Waals surface area contributed by atoms with Crippen LogP contribution in [0.15, 0.2) is 24.3 Å².